The first-order valence-electron chi connectivity index (χ1n) is 51.7. The fourth-order valence-electron chi connectivity index (χ4n) is 17.6. The van der Waals surface area contributed by atoms with E-state index in [4.69, 9.17) is 50.2 Å². The highest BCUT2D eigenvalue weighted by atomic mass is 16.2. The summed E-state index contributed by atoms with van der Waals surface area (Å²) < 4.78 is 6.00. The van der Waals surface area contributed by atoms with E-state index in [-0.39, 0.29) is 27.7 Å². The average molecular weight is 1840 g/mol. The maximum atomic E-state index is 13.8. The molecule has 135 heavy (non-hydrogen) atoms. The van der Waals surface area contributed by atoms with Crippen molar-refractivity contribution in [1.82, 2.24) is 38.6 Å². The molecule has 0 saturated heterocycles. The van der Waals surface area contributed by atoms with Crippen LogP contribution in [0.2, 0.25) is 0 Å². The Morgan fingerprint density at radius 1 is 0.289 bits per heavy atom. The number of aliphatic imine (C=N–C) groups is 4. The lowest BCUT2D eigenvalue weighted by Crippen LogP contribution is -2.30. The molecule has 0 bridgehead atoms. The van der Waals surface area contributed by atoms with Crippen LogP contribution >= 0.6 is 0 Å². The van der Waals surface area contributed by atoms with Crippen LogP contribution < -0.4 is 41.8 Å². The van der Waals surface area contributed by atoms with Gasteiger partial charge in [0.25, 0.3) is 22.2 Å². The molecule has 0 N–H and O–H groups in total. The molecule has 4 aliphatic rings. The lowest BCUT2D eigenvalue weighted by Gasteiger charge is -2.23. The van der Waals surface area contributed by atoms with Gasteiger partial charge in [-0.15, -0.1) is 0 Å². The first kappa shape index (κ1) is 108. The molecule has 8 heterocycles. The molecule has 4 aromatic heterocycles. The molecule has 730 valence electrons. The van der Waals surface area contributed by atoms with Crippen molar-refractivity contribution in [2.24, 2.45) is 45.8 Å². The van der Waals surface area contributed by atoms with Crippen molar-refractivity contribution < 1.29 is 0 Å². The fraction of sp³-hybridized carbons (Fsp3) is 0.568. The van der Waals surface area contributed by atoms with Gasteiger partial charge in [-0.3, -0.25) is 19.2 Å². The summed E-state index contributed by atoms with van der Waals surface area (Å²) in [6.45, 7) is 62.9. The van der Waals surface area contributed by atoms with Gasteiger partial charge >= 0.3 is 0 Å². The first-order valence-corrected chi connectivity index (χ1v) is 51.7. The first-order chi connectivity index (χ1) is 65.0. The number of unbranched alkanes of at least 4 members (excludes halogenated alkanes) is 11. The highest BCUT2D eigenvalue weighted by molar-refractivity contribution is 6.51. The van der Waals surface area contributed by atoms with Gasteiger partial charge in [0.1, 0.15) is 22.8 Å². The SMILES string of the molecule is CCCC1=Nn2c(nc(C)c(C)c2=O)C1=Nc1ccc(N(CC)CC)cc1C.CCCCCC1=Nn2c(nc(C)c(CCCC)c2=O)C1=Nc1ccc(N(CC)CC)cc1C.CCCCCC1=Nn2c(nc(CCCCC)c(CCCCC)c2=O)C1=Nc1ccc(N(CC)CC)cc1C.CCCCc1nc2n(c(=O)c1CCCC)N=C(C(C)(C)CC)C2=Nc1ccc(N(CC)CC)cc1C. The molecule has 8 aromatic rings. The Kier molecular flexibility index (Phi) is 41.7. The Bertz CT molecular complexity index is 5890. The summed E-state index contributed by atoms with van der Waals surface area (Å²) in [5.41, 5.74) is 25.3. The van der Waals surface area contributed by atoms with Gasteiger partial charge < -0.3 is 19.6 Å². The molecule has 12 rings (SSSR count). The standard InChI is InChI=1S/C32H49N5O.C30H45N5O.C27H39N5O.C22H29N5O/c1-7-12-15-18-26-28(19-16-13-8-2)34-31-30(29(20-17-14-9-3)35-37(31)32(26)38)33-27-22-21-25(23-24(27)6)36(10-4)11-5;1-9-14-16-23-25(17-15-10-2)32-28-26(27(30(7,8)11-3)33-35(28)29(23)36)31-24-19-18-22(20-21(24)6)34(12-4)13-5;1-7-11-13-15-24-25(29-23-17-16-21(18-19(23)5)31(9-3)10-4)26-28-20(6)22(14-12-8-2)27(33)32(26)30-24;1-7-10-19-20(21-23-16(6)15(5)22(28)27(21)25-19)24-18-12-11-17(13-14(18)4)26(8-2)9-3/h21-23H,7-20H2,1-6H3;18-20H,9-17H2,1-8H3;16-18H,7-15H2,1-6H3;11-13H,7-10H2,1-6H3. The highest BCUT2D eigenvalue weighted by Crippen LogP contribution is 2.36. The van der Waals surface area contributed by atoms with E-state index < -0.39 is 0 Å². The van der Waals surface area contributed by atoms with Crippen molar-refractivity contribution in [3.63, 3.8) is 0 Å². The summed E-state index contributed by atoms with van der Waals surface area (Å²) in [5, 5.41) is 19.0. The fourth-order valence-corrected chi connectivity index (χ4v) is 17.6. The van der Waals surface area contributed by atoms with Crippen molar-refractivity contribution in [2.75, 3.05) is 72.0 Å². The van der Waals surface area contributed by atoms with E-state index in [1.807, 2.05) is 19.9 Å². The van der Waals surface area contributed by atoms with Crippen molar-refractivity contribution >= 4 is 91.2 Å². The Morgan fingerprint density at radius 3 is 0.919 bits per heavy atom. The zero-order valence-corrected chi connectivity index (χ0v) is 87.5. The van der Waals surface area contributed by atoms with E-state index in [0.29, 0.717) is 34.6 Å². The summed E-state index contributed by atoms with van der Waals surface area (Å²) in [6.07, 6.45) is 27.4. The predicted molar refractivity (Wildman–Crippen MR) is 573 cm³/mol. The molecule has 0 saturated carbocycles. The van der Waals surface area contributed by atoms with Crippen LogP contribution in [-0.2, 0) is 32.1 Å². The lowest BCUT2D eigenvalue weighted by atomic mass is 9.82. The zero-order chi connectivity index (χ0) is 98.3. The second kappa shape index (κ2) is 52.3. The van der Waals surface area contributed by atoms with E-state index >= 15 is 0 Å². The predicted octanol–water partition coefficient (Wildman–Crippen LogP) is 24.8. The summed E-state index contributed by atoms with van der Waals surface area (Å²) >= 11 is 0. The molecule has 4 aromatic carbocycles. The summed E-state index contributed by atoms with van der Waals surface area (Å²) in [7, 11) is 0. The number of rotatable bonds is 45. The molecule has 24 nitrogen and oxygen atoms in total. The molecular weight excluding hydrogens is 1680 g/mol. The van der Waals surface area contributed by atoms with Crippen molar-refractivity contribution in [3.05, 3.63) is 205 Å². The number of aromatic nitrogens is 8. The van der Waals surface area contributed by atoms with Gasteiger partial charge in [-0.1, -0.05) is 153 Å². The number of nitrogens with zero attached hydrogens (tertiary/aromatic N) is 20. The van der Waals surface area contributed by atoms with E-state index in [9.17, 15) is 19.2 Å². The molecular formula is C111H162N20O4. The van der Waals surface area contributed by atoms with Crippen molar-refractivity contribution in [3.8, 4) is 0 Å². The average Bonchev–Trinajstić information content (AvgIpc) is 1.60. The minimum absolute atomic E-state index is 0.00407. The number of aryl methyl sites for hydroxylation is 8. The minimum atomic E-state index is -0.235. The minimum Gasteiger partial charge on any atom is -0.372 e. The van der Waals surface area contributed by atoms with Crippen LogP contribution in [0, 0.1) is 53.9 Å². The van der Waals surface area contributed by atoms with E-state index in [1.54, 1.807) is 11.6 Å². The van der Waals surface area contributed by atoms with Gasteiger partial charge in [0, 0.05) is 114 Å². The van der Waals surface area contributed by atoms with Gasteiger partial charge in [0.05, 0.1) is 57.0 Å². The van der Waals surface area contributed by atoms with E-state index in [1.165, 1.54) is 36.8 Å². The Balaban J connectivity index is 0.000000203. The Labute approximate surface area is 807 Å². The monoisotopic (exact) mass is 1840 g/mol. The molecule has 24 heteroatoms. The van der Waals surface area contributed by atoms with Crippen molar-refractivity contribution in [1.29, 1.82) is 0 Å². The van der Waals surface area contributed by atoms with Crippen LogP contribution in [0.4, 0.5) is 45.5 Å². The number of fused-ring (bicyclic) bond motifs is 4. The van der Waals surface area contributed by atoms with Gasteiger partial charge in [-0.05, 0) is 302 Å². The quantitative estimate of drug-likeness (QED) is 0.0323. The van der Waals surface area contributed by atoms with Gasteiger partial charge in [0.2, 0.25) is 0 Å². The van der Waals surface area contributed by atoms with Crippen LogP contribution in [0.25, 0.3) is 0 Å². The third kappa shape index (κ3) is 26.4. The highest BCUT2D eigenvalue weighted by Gasteiger charge is 2.38. The molecule has 0 fully saturated rings. The largest absolute Gasteiger partial charge is 0.372 e. The summed E-state index contributed by atoms with van der Waals surface area (Å²) in [4.78, 5) is 103. The Hall–Kier alpha value is -11.0. The third-order valence-electron chi connectivity index (χ3n) is 26.7. The van der Waals surface area contributed by atoms with Gasteiger partial charge in [-0.2, -0.15) is 39.1 Å². The van der Waals surface area contributed by atoms with Crippen LogP contribution in [0.1, 0.15) is 370 Å². The molecule has 0 aliphatic carbocycles. The zero-order valence-electron chi connectivity index (χ0n) is 87.5. The Morgan fingerprint density at radius 2 is 0.570 bits per heavy atom. The van der Waals surface area contributed by atoms with Gasteiger partial charge in [0.15, 0.2) is 23.3 Å². The van der Waals surface area contributed by atoms with Crippen LogP contribution in [0.15, 0.2) is 132 Å². The number of hydrogen-bond donors (Lipinski definition) is 0. The van der Waals surface area contributed by atoms with Crippen LogP contribution in [-0.4, -0.2) is 137 Å². The molecule has 0 unspecified atom stereocenters. The summed E-state index contributed by atoms with van der Waals surface area (Å²) in [6, 6.07) is 25.6. The maximum absolute atomic E-state index is 13.8. The normalized spacial score (nSPS) is 14.1. The lowest BCUT2D eigenvalue weighted by molar-refractivity contribution is 0.505. The van der Waals surface area contributed by atoms with E-state index in [0.717, 1.165) is 357 Å². The van der Waals surface area contributed by atoms with E-state index in [2.05, 4.69) is 256 Å². The molecule has 0 atom stereocenters. The van der Waals surface area contributed by atoms with Crippen LogP contribution in [0.5, 0.6) is 0 Å². The van der Waals surface area contributed by atoms with Crippen molar-refractivity contribution in [2.45, 2.75) is 360 Å². The topological polar surface area (TPSA) is 251 Å². The third-order valence-corrected chi connectivity index (χ3v) is 26.7. The molecule has 0 spiro atoms. The molecule has 0 radical (unpaired) electrons. The smallest absolute Gasteiger partial charge is 0.277 e. The second-order valence-electron chi connectivity index (χ2n) is 37.0. The second-order valence-corrected chi connectivity index (χ2v) is 37.0. The summed E-state index contributed by atoms with van der Waals surface area (Å²) in [5.74, 6) is 2.34. The van der Waals surface area contributed by atoms with Crippen LogP contribution in [0.3, 0.4) is 0 Å². The molecule has 4 aliphatic heterocycles. The maximum Gasteiger partial charge on any atom is 0.277 e. The number of anilines is 4. The molecule has 0 amide bonds. The van der Waals surface area contributed by atoms with Gasteiger partial charge in [-0.25, -0.2) is 39.9 Å². The number of benzene rings is 4. The number of hydrogen-bond acceptors (Lipinski definition) is 20.